The summed E-state index contributed by atoms with van der Waals surface area (Å²) in [5.41, 5.74) is 2.18. The number of Topliss-reactive ketones (excluding diaryl/α,β-unsaturated/α-hetero) is 2. The van der Waals surface area contributed by atoms with Gasteiger partial charge >= 0.3 is 0 Å². The molecule has 2 N–H and O–H groups in total. The van der Waals surface area contributed by atoms with E-state index < -0.39 is 20.0 Å². The van der Waals surface area contributed by atoms with Crippen molar-refractivity contribution < 1.29 is 35.9 Å². The topological polar surface area (TPSA) is 177 Å². The van der Waals surface area contributed by atoms with E-state index in [4.69, 9.17) is 9.47 Å². The predicted molar refractivity (Wildman–Crippen MR) is 194 cm³/mol. The molecule has 14 nitrogen and oxygen atoms in total. The van der Waals surface area contributed by atoms with Crippen LogP contribution in [-0.4, -0.2) is 90.3 Å². The highest BCUT2D eigenvalue weighted by molar-refractivity contribution is 8.77. The SMILES string of the molecule is CN1CCOc2cc(S(=O)(=O)Nc3ccc(C(=O)CSSCC(=O)c4ccc(NS(=O)(=O)c5ccc6c(c5)OCCN6C)nc4)cn3)ccc21. The quantitative estimate of drug-likeness (QED) is 0.113. The van der Waals surface area contributed by atoms with E-state index in [-0.39, 0.29) is 55.6 Å². The van der Waals surface area contributed by atoms with Gasteiger partial charge in [0.2, 0.25) is 0 Å². The van der Waals surface area contributed by atoms with E-state index in [1.807, 2.05) is 23.9 Å². The molecule has 0 saturated carbocycles. The molecule has 0 aliphatic carbocycles. The first-order valence-corrected chi connectivity index (χ1v) is 20.6. The summed E-state index contributed by atoms with van der Waals surface area (Å²) >= 11 is 0. The fraction of sp³-hybridized carbons (Fsp3) is 0.250. The van der Waals surface area contributed by atoms with Crippen molar-refractivity contribution in [3.8, 4) is 11.5 Å². The number of ketones is 2. The summed E-state index contributed by atoms with van der Waals surface area (Å²) in [5, 5.41) is 0. The lowest BCUT2D eigenvalue weighted by atomic mass is 10.2. The van der Waals surface area contributed by atoms with E-state index in [0.717, 1.165) is 11.4 Å². The Labute approximate surface area is 297 Å². The minimum atomic E-state index is -3.95. The number of benzene rings is 2. The second-order valence-corrected chi connectivity index (χ2v) is 17.1. The Balaban J connectivity index is 0.958. The Hall–Kier alpha value is -4.52. The maximum absolute atomic E-state index is 12.9. The van der Waals surface area contributed by atoms with E-state index >= 15 is 0 Å². The fourth-order valence-electron chi connectivity index (χ4n) is 5.00. The second kappa shape index (κ2) is 14.8. The fourth-order valence-corrected chi connectivity index (χ4v) is 8.90. The van der Waals surface area contributed by atoms with Crippen molar-refractivity contribution in [1.29, 1.82) is 0 Å². The van der Waals surface area contributed by atoms with E-state index in [1.165, 1.54) is 82.5 Å². The number of hydrogen-bond donors (Lipinski definition) is 2. The van der Waals surface area contributed by atoms with Crippen LogP contribution < -0.4 is 28.7 Å². The van der Waals surface area contributed by atoms with Crippen LogP contribution in [-0.2, 0) is 20.0 Å². The number of nitrogens with zero attached hydrogens (tertiary/aromatic N) is 4. The zero-order valence-electron chi connectivity index (χ0n) is 26.9. The van der Waals surface area contributed by atoms with E-state index in [2.05, 4.69) is 19.4 Å². The van der Waals surface area contributed by atoms with Crippen molar-refractivity contribution in [3.05, 3.63) is 84.2 Å². The minimum absolute atomic E-state index is 0.0259. The van der Waals surface area contributed by atoms with Gasteiger partial charge in [-0.15, -0.1) is 0 Å². The second-order valence-electron chi connectivity index (χ2n) is 11.2. The Bertz CT molecular complexity index is 1980. The van der Waals surface area contributed by atoms with Crippen LogP contribution in [0.3, 0.4) is 0 Å². The number of nitrogens with one attached hydrogen (secondary N) is 2. The molecule has 0 bridgehead atoms. The summed E-state index contributed by atoms with van der Waals surface area (Å²) < 4.78 is 67.8. The van der Waals surface area contributed by atoms with Gasteiger partial charge in [0, 0.05) is 49.7 Å². The molecule has 0 unspecified atom stereocenters. The van der Waals surface area contributed by atoms with Crippen LogP contribution in [0.1, 0.15) is 20.7 Å². The Morgan fingerprint density at radius 2 is 1.10 bits per heavy atom. The van der Waals surface area contributed by atoms with E-state index in [0.29, 0.717) is 37.8 Å². The molecule has 262 valence electrons. The highest BCUT2D eigenvalue weighted by atomic mass is 33.1. The van der Waals surface area contributed by atoms with Gasteiger partial charge in [-0.25, -0.2) is 26.8 Å². The van der Waals surface area contributed by atoms with Gasteiger partial charge in [-0.3, -0.25) is 19.0 Å². The molecule has 0 amide bonds. The maximum atomic E-state index is 12.9. The molecule has 0 radical (unpaired) electrons. The minimum Gasteiger partial charge on any atom is -0.490 e. The van der Waals surface area contributed by atoms with Crippen LogP contribution in [0.4, 0.5) is 23.0 Å². The summed E-state index contributed by atoms with van der Waals surface area (Å²) in [6.45, 7) is 2.32. The zero-order valence-corrected chi connectivity index (χ0v) is 30.1. The molecule has 18 heteroatoms. The highest BCUT2D eigenvalue weighted by Crippen LogP contribution is 2.34. The first-order valence-electron chi connectivity index (χ1n) is 15.1. The lowest BCUT2D eigenvalue weighted by molar-refractivity contribution is 0.101. The molecular formula is C32H32N6O8S4. The molecule has 2 aromatic carbocycles. The first kappa shape index (κ1) is 35.3. The summed E-state index contributed by atoms with van der Waals surface area (Å²) in [4.78, 5) is 37.6. The van der Waals surface area contributed by atoms with Crippen molar-refractivity contribution >= 4 is 76.2 Å². The molecule has 0 atom stereocenters. The number of likely N-dealkylation sites (N-methyl/N-ethyl adjacent to an activating group) is 2. The smallest absolute Gasteiger partial charge is 0.263 e. The van der Waals surface area contributed by atoms with E-state index in [9.17, 15) is 26.4 Å². The average molecular weight is 757 g/mol. The van der Waals surface area contributed by atoms with Gasteiger partial charge in [0.15, 0.2) is 11.6 Å². The third-order valence-corrected chi connectivity index (χ3v) is 12.6. The number of pyridine rings is 2. The van der Waals surface area contributed by atoms with Crippen LogP contribution in [0.25, 0.3) is 0 Å². The Kier molecular flexibility index (Phi) is 10.4. The third-order valence-electron chi connectivity index (χ3n) is 7.79. The molecule has 50 heavy (non-hydrogen) atoms. The maximum Gasteiger partial charge on any atom is 0.263 e. The van der Waals surface area contributed by atoms with Gasteiger partial charge < -0.3 is 19.3 Å². The van der Waals surface area contributed by atoms with Gasteiger partial charge in [0.25, 0.3) is 20.0 Å². The van der Waals surface area contributed by atoms with Crippen molar-refractivity contribution in [2.45, 2.75) is 9.79 Å². The summed E-state index contributed by atoms with van der Waals surface area (Å²) in [5.74, 6) is 0.682. The molecule has 2 aromatic heterocycles. The van der Waals surface area contributed by atoms with Gasteiger partial charge in [0.1, 0.15) is 36.3 Å². The van der Waals surface area contributed by atoms with Crippen molar-refractivity contribution in [2.24, 2.45) is 0 Å². The molecule has 0 spiro atoms. The third kappa shape index (κ3) is 8.09. The average Bonchev–Trinajstić information content (AvgIpc) is 3.10. The molecule has 0 saturated heterocycles. The summed E-state index contributed by atoms with van der Waals surface area (Å²) in [7, 11) is -1.72. The number of carbonyl (C=O) groups is 2. The lowest BCUT2D eigenvalue weighted by Gasteiger charge is -2.27. The predicted octanol–water partition coefficient (Wildman–Crippen LogP) is 4.18. The first-order chi connectivity index (χ1) is 23.9. The number of aromatic nitrogens is 2. The molecule has 4 heterocycles. The number of fused-ring (bicyclic) bond motifs is 2. The van der Waals surface area contributed by atoms with Crippen molar-refractivity contribution in [2.75, 3.05) is 71.1 Å². The van der Waals surface area contributed by atoms with Crippen molar-refractivity contribution in [1.82, 2.24) is 9.97 Å². The van der Waals surface area contributed by atoms with Crippen LogP contribution in [0.15, 0.2) is 82.8 Å². The zero-order chi connectivity index (χ0) is 35.5. The van der Waals surface area contributed by atoms with Crippen LogP contribution in [0, 0.1) is 0 Å². The number of anilines is 4. The highest BCUT2D eigenvalue weighted by Gasteiger charge is 2.23. The van der Waals surface area contributed by atoms with Gasteiger partial charge in [0.05, 0.1) is 45.8 Å². The number of sulfonamides is 2. The van der Waals surface area contributed by atoms with Gasteiger partial charge in [-0.2, -0.15) is 0 Å². The Morgan fingerprint density at radius 1 is 0.680 bits per heavy atom. The van der Waals surface area contributed by atoms with E-state index in [1.54, 1.807) is 12.1 Å². The van der Waals surface area contributed by atoms with Gasteiger partial charge in [-0.05, 0) is 48.5 Å². The monoisotopic (exact) mass is 756 g/mol. The Morgan fingerprint density at radius 3 is 1.48 bits per heavy atom. The van der Waals surface area contributed by atoms with Crippen molar-refractivity contribution in [3.63, 3.8) is 0 Å². The largest absolute Gasteiger partial charge is 0.490 e. The number of rotatable bonds is 13. The lowest BCUT2D eigenvalue weighted by Crippen LogP contribution is -2.29. The molecule has 2 aliphatic rings. The van der Waals surface area contributed by atoms with Crippen LogP contribution in [0.2, 0.25) is 0 Å². The molecule has 0 fully saturated rings. The van der Waals surface area contributed by atoms with Gasteiger partial charge in [-0.1, -0.05) is 21.6 Å². The molecular weight excluding hydrogens is 725 g/mol. The number of carbonyl (C=O) groups excluding carboxylic acids is 2. The molecule has 2 aliphatic heterocycles. The summed E-state index contributed by atoms with van der Waals surface area (Å²) in [6, 6.07) is 15.1. The molecule has 4 aromatic rings. The standard InChI is InChI=1S/C32H32N6O8S4/c1-37-11-13-45-29-15-23(5-7-25(29)37)49(41,42)35-31-9-3-21(17-33-31)27(39)19-47-48-20-28(40)22-4-10-32(34-18-22)36-50(43,44)24-6-8-26-30(16-24)46-14-12-38(26)2/h3-10,15-18H,11-14,19-20H2,1-2H3,(H,33,35)(H,34,36). The summed E-state index contributed by atoms with van der Waals surface area (Å²) in [6.07, 6.45) is 2.59. The van der Waals surface area contributed by atoms with Crippen LogP contribution in [0.5, 0.6) is 11.5 Å². The number of hydrogen-bond acceptors (Lipinski definition) is 14. The normalized spacial score (nSPS) is 14.1. The van der Waals surface area contributed by atoms with Crippen LogP contribution >= 0.6 is 21.6 Å². The molecule has 6 rings (SSSR count). The number of ether oxygens (including phenoxy) is 2.